The van der Waals surface area contributed by atoms with Gasteiger partial charge < -0.3 is 10.6 Å². The van der Waals surface area contributed by atoms with Crippen LogP contribution in [0.3, 0.4) is 0 Å². The highest BCUT2D eigenvalue weighted by Crippen LogP contribution is 2.29. The van der Waals surface area contributed by atoms with Gasteiger partial charge in [-0.05, 0) is 36.5 Å². The molecule has 1 aromatic carbocycles. The summed E-state index contributed by atoms with van der Waals surface area (Å²) in [5.74, 6) is 0.855. The molecular weight excluding hydrogens is 232 g/mol. The molecule has 1 aliphatic rings. The van der Waals surface area contributed by atoms with Crippen LogP contribution in [0.15, 0.2) is 18.2 Å². The van der Waals surface area contributed by atoms with Crippen molar-refractivity contribution in [2.24, 2.45) is 11.7 Å². The molecule has 0 aliphatic carbocycles. The first-order valence-corrected chi connectivity index (χ1v) is 6.85. The second-order valence-corrected chi connectivity index (χ2v) is 5.28. The van der Waals surface area contributed by atoms with Crippen LogP contribution in [-0.4, -0.2) is 13.1 Å². The second kappa shape index (κ2) is 5.74. The summed E-state index contributed by atoms with van der Waals surface area (Å²) in [5.41, 5.74) is 7.89. The lowest BCUT2D eigenvalue weighted by molar-refractivity contribution is 0.530. The van der Waals surface area contributed by atoms with Crippen LogP contribution in [0.25, 0.3) is 0 Å². The maximum atomic E-state index is 6.20. The number of halogens is 1. The Labute approximate surface area is 109 Å². The molecule has 2 N–H and O–H groups in total. The van der Waals surface area contributed by atoms with E-state index in [1.165, 1.54) is 31.5 Å². The van der Waals surface area contributed by atoms with Gasteiger partial charge in [0.1, 0.15) is 0 Å². The molecule has 1 unspecified atom stereocenters. The highest BCUT2D eigenvalue weighted by molar-refractivity contribution is 6.31. The number of anilines is 1. The van der Waals surface area contributed by atoms with Gasteiger partial charge in [-0.15, -0.1) is 0 Å². The summed E-state index contributed by atoms with van der Waals surface area (Å²) in [6.45, 7) is 5.10. The number of rotatable bonds is 4. The zero-order valence-electron chi connectivity index (χ0n) is 10.5. The highest BCUT2D eigenvalue weighted by atomic mass is 35.5. The van der Waals surface area contributed by atoms with Crippen LogP contribution in [0.1, 0.15) is 31.7 Å². The quantitative estimate of drug-likeness (QED) is 0.890. The molecule has 1 saturated heterocycles. The molecule has 17 heavy (non-hydrogen) atoms. The summed E-state index contributed by atoms with van der Waals surface area (Å²) in [6, 6.07) is 6.24. The van der Waals surface area contributed by atoms with E-state index in [0.717, 1.165) is 23.0 Å². The highest BCUT2D eigenvalue weighted by Gasteiger charge is 2.22. The standard InChI is InChI=1S/C14H21ClN2/c1-2-3-11-6-7-17(10-11)13-5-4-12(9-16)14(15)8-13/h4-5,8,11H,2-3,6-7,9-10,16H2,1H3. The molecule has 0 spiro atoms. The van der Waals surface area contributed by atoms with Crippen LogP contribution in [0.2, 0.25) is 5.02 Å². The predicted octanol–water partition coefficient (Wildman–Crippen LogP) is 3.43. The summed E-state index contributed by atoms with van der Waals surface area (Å²) in [7, 11) is 0. The molecule has 1 atom stereocenters. The maximum Gasteiger partial charge on any atom is 0.0471 e. The van der Waals surface area contributed by atoms with Gasteiger partial charge in [-0.3, -0.25) is 0 Å². The van der Waals surface area contributed by atoms with E-state index in [-0.39, 0.29) is 0 Å². The van der Waals surface area contributed by atoms with Gasteiger partial charge in [0.2, 0.25) is 0 Å². The molecule has 2 rings (SSSR count). The summed E-state index contributed by atoms with van der Waals surface area (Å²) in [6.07, 6.45) is 3.93. The molecule has 0 saturated carbocycles. The van der Waals surface area contributed by atoms with Crippen molar-refractivity contribution in [3.05, 3.63) is 28.8 Å². The van der Waals surface area contributed by atoms with Crippen LogP contribution >= 0.6 is 11.6 Å². The van der Waals surface area contributed by atoms with E-state index in [2.05, 4.69) is 24.0 Å². The lowest BCUT2D eigenvalue weighted by Crippen LogP contribution is -2.19. The van der Waals surface area contributed by atoms with E-state index in [4.69, 9.17) is 17.3 Å². The van der Waals surface area contributed by atoms with Crippen molar-refractivity contribution in [2.45, 2.75) is 32.7 Å². The summed E-state index contributed by atoms with van der Waals surface area (Å²) < 4.78 is 0. The lowest BCUT2D eigenvalue weighted by Gasteiger charge is -2.19. The Hall–Kier alpha value is -0.730. The van der Waals surface area contributed by atoms with Gasteiger partial charge in [-0.25, -0.2) is 0 Å². The summed E-state index contributed by atoms with van der Waals surface area (Å²) >= 11 is 6.20. The monoisotopic (exact) mass is 252 g/mol. The topological polar surface area (TPSA) is 29.3 Å². The first-order valence-electron chi connectivity index (χ1n) is 6.48. The molecule has 0 bridgehead atoms. The molecule has 94 valence electrons. The average Bonchev–Trinajstić information content (AvgIpc) is 2.78. The zero-order valence-corrected chi connectivity index (χ0v) is 11.2. The Balaban J connectivity index is 2.06. The smallest absolute Gasteiger partial charge is 0.0471 e. The minimum Gasteiger partial charge on any atom is -0.371 e. The van der Waals surface area contributed by atoms with Crippen molar-refractivity contribution >= 4 is 17.3 Å². The molecule has 2 nitrogen and oxygen atoms in total. The molecule has 0 amide bonds. The molecule has 1 heterocycles. The Morgan fingerprint density at radius 3 is 2.94 bits per heavy atom. The number of nitrogens with zero attached hydrogens (tertiary/aromatic N) is 1. The minimum absolute atomic E-state index is 0.511. The van der Waals surface area contributed by atoms with Gasteiger partial charge >= 0.3 is 0 Å². The predicted molar refractivity (Wildman–Crippen MR) is 74.6 cm³/mol. The molecule has 0 aromatic heterocycles. The van der Waals surface area contributed by atoms with E-state index in [1.54, 1.807) is 0 Å². The molecule has 1 aromatic rings. The normalized spacial score (nSPS) is 19.9. The fourth-order valence-corrected chi connectivity index (χ4v) is 2.86. The van der Waals surface area contributed by atoms with Crippen LogP contribution in [0, 0.1) is 5.92 Å². The SMILES string of the molecule is CCCC1CCN(c2ccc(CN)c(Cl)c2)C1. The zero-order chi connectivity index (χ0) is 12.3. The van der Waals surface area contributed by atoms with Crippen LogP contribution < -0.4 is 10.6 Å². The van der Waals surface area contributed by atoms with Crippen molar-refractivity contribution in [3.63, 3.8) is 0 Å². The fourth-order valence-electron chi connectivity index (χ4n) is 2.61. The second-order valence-electron chi connectivity index (χ2n) is 4.87. The minimum atomic E-state index is 0.511. The van der Waals surface area contributed by atoms with Crippen LogP contribution in [0.5, 0.6) is 0 Å². The number of hydrogen-bond donors (Lipinski definition) is 1. The van der Waals surface area contributed by atoms with Gasteiger partial charge in [0.15, 0.2) is 0 Å². The number of hydrogen-bond acceptors (Lipinski definition) is 2. The van der Waals surface area contributed by atoms with E-state index >= 15 is 0 Å². The first-order chi connectivity index (χ1) is 8.24. The third-order valence-electron chi connectivity index (χ3n) is 3.60. The van der Waals surface area contributed by atoms with E-state index < -0.39 is 0 Å². The number of nitrogens with two attached hydrogens (primary N) is 1. The van der Waals surface area contributed by atoms with Crippen molar-refractivity contribution in [1.82, 2.24) is 0 Å². The van der Waals surface area contributed by atoms with Crippen LogP contribution in [0.4, 0.5) is 5.69 Å². The Kier molecular flexibility index (Phi) is 4.30. The third kappa shape index (κ3) is 2.93. The van der Waals surface area contributed by atoms with Crippen molar-refractivity contribution in [2.75, 3.05) is 18.0 Å². The van der Waals surface area contributed by atoms with E-state index in [1.807, 2.05) is 6.07 Å². The first kappa shape index (κ1) is 12.7. The molecular formula is C14H21ClN2. The van der Waals surface area contributed by atoms with Crippen LogP contribution in [-0.2, 0) is 6.54 Å². The largest absolute Gasteiger partial charge is 0.371 e. The van der Waals surface area contributed by atoms with E-state index in [9.17, 15) is 0 Å². The van der Waals surface area contributed by atoms with Crippen molar-refractivity contribution < 1.29 is 0 Å². The molecule has 1 aliphatic heterocycles. The van der Waals surface area contributed by atoms with E-state index in [0.29, 0.717) is 6.54 Å². The Morgan fingerprint density at radius 1 is 1.47 bits per heavy atom. The third-order valence-corrected chi connectivity index (χ3v) is 3.96. The number of benzene rings is 1. The van der Waals surface area contributed by atoms with Gasteiger partial charge in [0, 0.05) is 30.3 Å². The summed E-state index contributed by atoms with van der Waals surface area (Å²) in [4.78, 5) is 2.44. The van der Waals surface area contributed by atoms with Crippen molar-refractivity contribution in [1.29, 1.82) is 0 Å². The molecule has 1 fully saturated rings. The van der Waals surface area contributed by atoms with Gasteiger partial charge in [0.25, 0.3) is 0 Å². The molecule has 0 radical (unpaired) electrons. The lowest BCUT2D eigenvalue weighted by atomic mass is 10.0. The van der Waals surface area contributed by atoms with Gasteiger partial charge in [-0.2, -0.15) is 0 Å². The Bertz CT molecular complexity index is 378. The summed E-state index contributed by atoms with van der Waals surface area (Å²) in [5, 5.41) is 0.795. The molecule has 3 heteroatoms. The maximum absolute atomic E-state index is 6.20. The van der Waals surface area contributed by atoms with Gasteiger partial charge in [0.05, 0.1) is 0 Å². The average molecular weight is 253 g/mol. The van der Waals surface area contributed by atoms with Crippen molar-refractivity contribution in [3.8, 4) is 0 Å². The fraction of sp³-hybridized carbons (Fsp3) is 0.571. The Morgan fingerprint density at radius 2 is 2.29 bits per heavy atom. The van der Waals surface area contributed by atoms with Gasteiger partial charge in [-0.1, -0.05) is 31.0 Å².